The van der Waals surface area contributed by atoms with Gasteiger partial charge in [0.15, 0.2) is 5.76 Å². The van der Waals surface area contributed by atoms with E-state index in [4.69, 9.17) is 9.52 Å². The number of aliphatic carboxylic acids is 1. The summed E-state index contributed by atoms with van der Waals surface area (Å²) in [6, 6.07) is 3.45. The zero-order chi connectivity index (χ0) is 19.2. The summed E-state index contributed by atoms with van der Waals surface area (Å²) in [6.45, 7) is 2.17. The Hall–Kier alpha value is -2.03. The van der Waals surface area contributed by atoms with Crippen molar-refractivity contribution in [1.29, 1.82) is 0 Å². The molecule has 5 heteroatoms. The number of furan rings is 1. The van der Waals surface area contributed by atoms with Gasteiger partial charge in [-0.3, -0.25) is 4.79 Å². The Kier molecular flexibility index (Phi) is 11.2. The molecule has 0 bridgehead atoms. The summed E-state index contributed by atoms with van der Waals surface area (Å²) >= 11 is 0. The third-order valence-electron chi connectivity index (χ3n) is 3.89. The Morgan fingerprint density at radius 3 is 2.77 bits per heavy atom. The quantitative estimate of drug-likeness (QED) is 0.300. The number of aliphatic hydroxyl groups is 2. The largest absolute Gasteiger partial charge is 0.481 e. The molecule has 5 nitrogen and oxygen atoms in total. The molecular weight excluding hydrogens is 332 g/mol. The fraction of sp³-hybridized carbons (Fsp3) is 0.571. The highest BCUT2D eigenvalue weighted by Gasteiger charge is 2.10. The number of hydrogen-bond donors (Lipinski definition) is 3. The van der Waals surface area contributed by atoms with Gasteiger partial charge in [0.25, 0.3) is 0 Å². The van der Waals surface area contributed by atoms with Crippen molar-refractivity contribution in [2.45, 2.75) is 76.9 Å². The highest BCUT2D eigenvalue weighted by atomic mass is 16.4. The Labute approximate surface area is 155 Å². The van der Waals surface area contributed by atoms with Gasteiger partial charge < -0.3 is 19.7 Å². The lowest BCUT2D eigenvalue weighted by Crippen LogP contribution is -2.10. The number of carboxylic acids is 1. The van der Waals surface area contributed by atoms with Crippen LogP contribution in [0.4, 0.5) is 0 Å². The van der Waals surface area contributed by atoms with Crippen LogP contribution in [0, 0.1) is 11.8 Å². The fourth-order valence-electron chi connectivity index (χ4n) is 2.45. The third-order valence-corrected chi connectivity index (χ3v) is 3.89. The number of rotatable bonds is 12. The van der Waals surface area contributed by atoms with E-state index in [0.29, 0.717) is 37.2 Å². The summed E-state index contributed by atoms with van der Waals surface area (Å²) in [7, 11) is 0. The molecule has 2 unspecified atom stereocenters. The third kappa shape index (κ3) is 10.8. The average Bonchev–Trinajstić information content (AvgIpc) is 3.03. The van der Waals surface area contributed by atoms with Gasteiger partial charge >= 0.3 is 5.97 Å². The molecule has 144 valence electrons. The van der Waals surface area contributed by atoms with E-state index >= 15 is 0 Å². The van der Waals surface area contributed by atoms with E-state index in [-0.39, 0.29) is 6.42 Å². The molecule has 0 aliphatic carbocycles. The lowest BCUT2D eigenvalue weighted by atomic mass is 10.1. The van der Waals surface area contributed by atoms with Gasteiger partial charge in [-0.15, -0.1) is 0 Å². The van der Waals surface area contributed by atoms with Gasteiger partial charge in [-0.2, -0.15) is 0 Å². The molecule has 0 aliphatic rings. The predicted molar refractivity (Wildman–Crippen MR) is 101 cm³/mol. The van der Waals surface area contributed by atoms with Crippen molar-refractivity contribution in [3.8, 4) is 11.8 Å². The number of carboxylic acid groups (broad SMARTS) is 1. The second-order valence-electron chi connectivity index (χ2n) is 6.40. The first-order valence-electron chi connectivity index (χ1n) is 9.34. The molecule has 0 spiro atoms. The van der Waals surface area contributed by atoms with Gasteiger partial charge in [0.1, 0.15) is 11.9 Å². The van der Waals surface area contributed by atoms with Crippen molar-refractivity contribution in [2.75, 3.05) is 0 Å². The molecule has 1 heterocycles. The minimum Gasteiger partial charge on any atom is -0.481 e. The maximum Gasteiger partial charge on any atom is 0.303 e. The molecule has 0 saturated heterocycles. The second kappa shape index (κ2) is 13.2. The first kappa shape index (κ1) is 22.0. The summed E-state index contributed by atoms with van der Waals surface area (Å²) in [5, 5.41) is 28.3. The zero-order valence-electron chi connectivity index (χ0n) is 15.5. The fourth-order valence-corrected chi connectivity index (χ4v) is 2.45. The monoisotopic (exact) mass is 362 g/mol. The SMILES string of the molecule is CCCCCC=CCC(O)C#Cc1ccc(CC(O)CCCC(=O)O)o1. The van der Waals surface area contributed by atoms with Crippen molar-refractivity contribution in [3.05, 3.63) is 35.8 Å². The van der Waals surface area contributed by atoms with Crippen molar-refractivity contribution in [1.82, 2.24) is 0 Å². The maximum atomic E-state index is 10.5. The Morgan fingerprint density at radius 2 is 2.04 bits per heavy atom. The first-order valence-corrected chi connectivity index (χ1v) is 9.34. The van der Waals surface area contributed by atoms with E-state index in [9.17, 15) is 15.0 Å². The Bertz CT molecular complexity index is 605. The number of allylic oxidation sites excluding steroid dienone is 1. The molecule has 0 radical (unpaired) electrons. The topological polar surface area (TPSA) is 90.9 Å². The van der Waals surface area contributed by atoms with E-state index < -0.39 is 18.2 Å². The van der Waals surface area contributed by atoms with Gasteiger partial charge in [0.05, 0.1) is 6.10 Å². The molecule has 1 aromatic heterocycles. The van der Waals surface area contributed by atoms with Gasteiger partial charge in [0.2, 0.25) is 0 Å². The minimum atomic E-state index is -0.859. The predicted octanol–water partition coefficient (Wildman–Crippen LogP) is 3.68. The number of aliphatic hydroxyl groups excluding tert-OH is 2. The number of hydrogen-bond acceptors (Lipinski definition) is 4. The highest BCUT2D eigenvalue weighted by molar-refractivity contribution is 5.66. The van der Waals surface area contributed by atoms with E-state index in [2.05, 4.69) is 24.8 Å². The normalized spacial score (nSPS) is 13.3. The Balaban J connectivity index is 2.34. The Morgan fingerprint density at radius 1 is 1.23 bits per heavy atom. The standard InChI is InChI=1S/C21H30O5/c1-2-3-4-5-6-7-9-17(22)12-13-19-14-15-20(26-19)16-18(23)10-8-11-21(24)25/h6-7,14-15,17-18,22-23H,2-5,8-11,16H2,1H3,(H,24,25). The number of unbranched alkanes of at least 4 members (excludes halogenated alkanes) is 3. The smallest absolute Gasteiger partial charge is 0.303 e. The molecule has 1 aromatic rings. The van der Waals surface area contributed by atoms with Crippen LogP contribution >= 0.6 is 0 Å². The lowest BCUT2D eigenvalue weighted by Gasteiger charge is -2.07. The zero-order valence-corrected chi connectivity index (χ0v) is 15.5. The van der Waals surface area contributed by atoms with Crippen LogP contribution < -0.4 is 0 Å². The molecule has 3 N–H and O–H groups in total. The molecule has 2 atom stereocenters. The van der Waals surface area contributed by atoms with E-state index in [1.807, 2.05) is 6.08 Å². The van der Waals surface area contributed by atoms with Crippen LogP contribution in [-0.2, 0) is 11.2 Å². The van der Waals surface area contributed by atoms with E-state index in [0.717, 1.165) is 6.42 Å². The van der Waals surface area contributed by atoms with Crippen molar-refractivity contribution >= 4 is 5.97 Å². The average molecular weight is 362 g/mol. The second-order valence-corrected chi connectivity index (χ2v) is 6.40. The van der Waals surface area contributed by atoms with Gasteiger partial charge in [-0.1, -0.05) is 37.8 Å². The van der Waals surface area contributed by atoms with Crippen molar-refractivity contribution < 1.29 is 24.5 Å². The molecule has 0 saturated carbocycles. The molecule has 0 aromatic carbocycles. The van der Waals surface area contributed by atoms with Gasteiger partial charge in [0, 0.05) is 19.3 Å². The molecular formula is C21H30O5. The van der Waals surface area contributed by atoms with Crippen LogP contribution in [0.3, 0.4) is 0 Å². The van der Waals surface area contributed by atoms with Crippen LogP contribution in [0.25, 0.3) is 0 Å². The van der Waals surface area contributed by atoms with Crippen LogP contribution in [0.15, 0.2) is 28.7 Å². The minimum absolute atomic E-state index is 0.0525. The van der Waals surface area contributed by atoms with Crippen LogP contribution in [0.1, 0.15) is 69.8 Å². The summed E-state index contributed by atoms with van der Waals surface area (Å²) < 4.78 is 5.52. The maximum absolute atomic E-state index is 10.5. The molecule has 1 rings (SSSR count). The highest BCUT2D eigenvalue weighted by Crippen LogP contribution is 2.12. The summed E-state index contributed by atoms with van der Waals surface area (Å²) in [5.41, 5.74) is 0. The van der Waals surface area contributed by atoms with E-state index in [1.54, 1.807) is 12.1 Å². The van der Waals surface area contributed by atoms with E-state index in [1.165, 1.54) is 19.3 Å². The number of carbonyl (C=O) groups is 1. The molecule has 0 amide bonds. The van der Waals surface area contributed by atoms with Crippen LogP contribution in [-0.4, -0.2) is 33.5 Å². The van der Waals surface area contributed by atoms with Crippen LogP contribution in [0.5, 0.6) is 0 Å². The summed E-state index contributed by atoms with van der Waals surface area (Å²) in [5.74, 6) is 5.73. The lowest BCUT2D eigenvalue weighted by molar-refractivity contribution is -0.137. The summed E-state index contributed by atoms with van der Waals surface area (Å²) in [6.07, 6.45) is 9.02. The molecule has 26 heavy (non-hydrogen) atoms. The summed E-state index contributed by atoms with van der Waals surface area (Å²) in [4.78, 5) is 10.5. The molecule has 0 fully saturated rings. The molecule has 0 aliphatic heterocycles. The van der Waals surface area contributed by atoms with Crippen molar-refractivity contribution in [3.63, 3.8) is 0 Å². The van der Waals surface area contributed by atoms with Crippen molar-refractivity contribution in [2.24, 2.45) is 0 Å². The van der Waals surface area contributed by atoms with Gasteiger partial charge in [-0.25, -0.2) is 0 Å². The van der Waals surface area contributed by atoms with Gasteiger partial charge in [-0.05, 0) is 43.7 Å². The van der Waals surface area contributed by atoms with Crippen LogP contribution in [0.2, 0.25) is 0 Å². The first-order chi connectivity index (χ1) is 12.5.